The molecule has 0 aliphatic heterocycles. The minimum atomic E-state index is -0.473. The van der Waals surface area contributed by atoms with Crippen LogP contribution in [0, 0.1) is 16.0 Å². The second-order valence-corrected chi connectivity index (χ2v) is 5.75. The van der Waals surface area contributed by atoms with Crippen molar-refractivity contribution in [1.29, 1.82) is 0 Å². The van der Waals surface area contributed by atoms with Gasteiger partial charge in [-0.3, -0.25) is 10.1 Å². The minimum absolute atomic E-state index is 0.0453. The number of rotatable bonds is 5. The molecule has 1 atom stereocenters. The third-order valence-electron chi connectivity index (χ3n) is 2.86. The van der Waals surface area contributed by atoms with Crippen LogP contribution in [-0.2, 0) is 0 Å². The summed E-state index contributed by atoms with van der Waals surface area (Å²) >= 11 is 1.64. The van der Waals surface area contributed by atoms with E-state index in [1.54, 1.807) is 11.3 Å². The van der Waals surface area contributed by atoms with Crippen LogP contribution in [0.1, 0.15) is 24.8 Å². The monoisotopic (exact) mass is 292 g/mol. The predicted molar refractivity (Wildman–Crippen MR) is 80.8 cm³/mol. The summed E-state index contributed by atoms with van der Waals surface area (Å²) in [5.41, 5.74) is 5.55. The van der Waals surface area contributed by atoms with Gasteiger partial charge in [0.05, 0.1) is 23.1 Å². The van der Waals surface area contributed by atoms with Gasteiger partial charge in [0.2, 0.25) is 0 Å². The Labute approximate surface area is 120 Å². The summed E-state index contributed by atoms with van der Waals surface area (Å²) in [6.07, 6.45) is 0. The standard InChI is InChI=1S/C13H16N4O2S/c1-8(2)13(10-4-3-5-20-10)16-12-7-9(17(18)19)6-11(14)15-12/h3-8,13H,1-2H3,(H3,14,15,16). The quantitative estimate of drug-likeness (QED) is 0.650. The molecule has 1 unspecified atom stereocenters. The molecule has 2 aromatic heterocycles. The highest BCUT2D eigenvalue weighted by molar-refractivity contribution is 7.10. The molecule has 0 aromatic carbocycles. The van der Waals surface area contributed by atoms with Crippen molar-refractivity contribution in [2.24, 2.45) is 5.92 Å². The number of nitrogen functional groups attached to an aromatic ring is 1. The average molecular weight is 292 g/mol. The number of thiophene rings is 1. The summed E-state index contributed by atoms with van der Waals surface area (Å²) in [4.78, 5) is 15.7. The van der Waals surface area contributed by atoms with E-state index in [2.05, 4.69) is 24.1 Å². The van der Waals surface area contributed by atoms with Crippen LogP contribution in [0.15, 0.2) is 29.6 Å². The van der Waals surface area contributed by atoms with Gasteiger partial charge in [-0.25, -0.2) is 4.98 Å². The number of pyridine rings is 1. The average Bonchev–Trinajstić information content (AvgIpc) is 2.88. The number of nitrogens with two attached hydrogens (primary N) is 1. The van der Waals surface area contributed by atoms with E-state index in [4.69, 9.17) is 5.73 Å². The molecule has 2 aromatic rings. The van der Waals surface area contributed by atoms with Crippen LogP contribution in [-0.4, -0.2) is 9.91 Å². The van der Waals surface area contributed by atoms with E-state index >= 15 is 0 Å². The van der Waals surface area contributed by atoms with E-state index < -0.39 is 4.92 Å². The number of hydrogen-bond acceptors (Lipinski definition) is 6. The number of nitrogens with one attached hydrogen (secondary N) is 1. The summed E-state index contributed by atoms with van der Waals surface area (Å²) in [5, 5.41) is 16.1. The number of aromatic nitrogens is 1. The second kappa shape index (κ2) is 5.87. The number of nitro groups is 1. The third kappa shape index (κ3) is 3.24. The van der Waals surface area contributed by atoms with E-state index in [1.165, 1.54) is 12.1 Å². The molecule has 7 heteroatoms. The van der Waals surface area contributed by atoms with Crippen molar-refractivity contribution in [3.63, 3.8) is 0 Å². The molecule has 20 heavy (non-hydrogen) atoms. The molecule has 0 fully saturated rings. The number of anilines is 2. The van der Waals surface area contributed by atoms with Crippen LogP contribution >= 0.6 is 11.3 Å². The molecular weight excluding hydrogens is 276 g/mol. The van der Waals surface area contributed by atoms with Crippen molar-refractivity contribution in [3.05, 3.63) is 44.6 Å². The zero-order valence-corrected chi connectivity index (χ0v) is 12.1. The fraction of sp³-hybridized carbons (Fsp3) is 0.308. The lowest BCUT2D eigenvalue weighted by Gasteiger charge is -2.21. The SMILES string of the molecule is CC(C)C(Nc1cc([N+](=O)[O-])cc(N)n1)c1cccs1. The maximum atomic E-state index is 10.9. The Balaban J connectivity index is 2.29. The Bertz CT molecular complexity index is 598. The van der Waals surface area contributed by atoms with Gasteiger partial charge >= 0.3 is 0 Å². The Hall–Kier alpha value is -2.15. The van der Waals surface area contributed by atoms with Crippen molar-refractivity contribution < 1.29 is 4.92 Å². The van der Waals surface area contributed by atoms with Gasteiger partial charge in [-0.05, 0) is 17.4 Å². The molecule has 0 saturated carbocycles. The number of hydrogen-bond donors (Lipinski definition) is 2. The Morgan fingerprint density at radius 3 is 2.75 bits per heavy atom. The molecule has 106 valence electrons. The van der Waals surface area contributed by atoms with Crippen molar-refractivity contribution >= 4 is 28.7 Å². The van der Waals surface area contributed by atoms with Gasteiger partial charge < -0.3 is 11.1 Å². The van der Waals surface area contributed by atoms with Crippen LogP contribution in [0.5, 0.6) is 0 Å². The van der Waals surface area contributed by atoms with Crippen LogP contribution < -0.4 is 11.1 Å². The van der Waals surface area contributed by atoms with Crippen molar-refractivity contribution in [1.82, 2.24) is 4.98 Å². The van der Waals surface area contributed by atoms with Crippen molar-refractivity contribution in [3.8, 4) is 0 Å². The van der Waals surface area contributed by atoms with E-state index in [1.807, 2.05) is 17.5 Å². The highest BCUT2D eigenvalue weighted by atomic mass is 32.1. The van der Waals surface area contributed by atoms with Crippen LogP contribution in [0.4, 0.5) is 17.3 Å². The highest BCUT2D eigenvalue weighted by Gasteiger charge is 2.19. The van der Waals surface area contributed by atoms with E-state index in [9.17, 15) is 10.1 Å². The Morgan fingerprint density at radius 2 is 2.20 bits per heavy atom. The molecule has 0 saturated heterocycles. The minimum Gasteiger partial charge on any atom is -0.383 e. The largest absolute Gasteiger partial charge is 0.383 e. The first-order chi connectivity index (χ1) is 9.47. The maximum absolute atomic E-state index is 10.9. The lowest BCUT2D eigenvalue weighted by atomic mass is 10.0. The van der Waals surface area contributed by atoms with Gasteiger partial charge in [0.25, 0.3) is 5.69 Å². The highest BCUT2D eigenvalue weighted by Crippen LogP contribution is 2.30. The predicted octanol–water partition coefficient (Wildman–Crippen LogP) is 3.44. The molecule has 6 nitrogen and oxygen atoms in total. The van der Waals surface area contributed by atoms with Gasteiger partial charge in [0, 0.05) is 4.88 Å². The van der Waals surface area contributed by atoms with Crippen LogP contribution in [0.2, 0.25) is 0 Å². The van der Waals surface area contributed by atoms with Gasteiger partial charge in [-0.15, -0.1) is 11.3 Å². The third-order valence-corrected chi connectivity index (χ3v) is 3.82. The smallest absolute Gasteiger partial charge is 0.276 e. The van der Waals surface area contributed by atoms with Crippen LogP contribution in [0.3, 0.4) is 0 Å². The Morgan fingerprint density at radius 1 is 1.45 bits per heavy atom. The Kier molecular flexibility index (Phi) is 4.19. The molecular formula is C13H16N4O2S. The molecule has 0 radical (unpaired) electrons. The van der Waals surface area contributed by atoms with E-state index in [0.29, 0.717) is 11.7 Å². The zero-order valence-electron chi connectivity index (χ0n) is 11.2. The molecule has 0 aliphatic rings. The molecule has 2 heterocycles. The maximum Gasteiger partial charge on any atom is 0.276 e. The zero-order chi connectivity index (χ0) is 14.7. The van der Waals surface area contributed by atoms with E-state index in [0.717, 1.165) is 4.88 Å². The topological polar surface area (TPSA) is 94.1 Å². The molecule has 0 amide bonds. The molecule has 2 rings (SSSR count). The molecule has 3 N–H and O–H groups in total. The lowest BCUT2D eigenvalue weighted by molar-refractivity contribution is -0.384. The van der Waals surface area contributed by atoms with Crippen LogP contribution in [0.25, 0.3) is 0 Å². The van der Waals surface area contributed by atoms with Crippen molar-refractivity contribution in [2.75, 3.05) is 11.1 Å². The fourth-order valence-electron chi connectivity index (χ4n) is 1.91. The normalized spacial score (nSPS) is 12.3. The summed E-state index contributed by atoms with van der Waals surface area (Å²) < 4.78 is 0. The first-order valence-electron chi connectivity index (χ1n) is 6.19. The van der Waals surface area contributed by atoms with Gasteiger partial charge in [-0.1, -0.05) is 19.9 Å². The molecule has 0 aliphatic carbocycles. The summed E-state index contributed by atoms with van der Waals surface area (Å²) in [6.45, 7) is 4.16. The fourth-order valence-corrected chi connectivity index (χ4v) is 2.86. The molecule has 0 spiro atoms. The summed E-state index contributed by atoms with van der Waals surface area (Å²) in [6, 6.07) is 6.71. The van der Waals surface area contributed by atoms with E-state index in [-0.39, 0.29) is 17.5 Å². The lowest BCUT2D eigenvalue weighted by Crippen LogP contribution is -2.16. The first-order valence-corrected chi connectivity index (χ1v) is 7.07. The summed E-state index contributed by atoms with van der Waals surface area (Å²) in [5.74, 6) is 0.870. The second-order valence-electron chi connectivity index (χ2n) is 4.77. The van der Waals surface area contributed by atoms with Crippen molar-refractivity contribution in [2.45, 2.75) is 19.9 Å². The van der Waals surface area contributed by atoms with Gasteiger partial charge in [0.1, 0.15) is 11.6 Å². The van der Waals surface area contributed by atoms with Gasteiger partial charge in [-0.2, -0.15) is 0 Å². The first kappa shape index (κ1) is 14.3. The molecule has 0 bridgehead atoms. The number of nitrogens with zero attached hydrogens (tertiary/aromatic N) is 2. The van der Waals surface area contributed by atoms with Gasteiger partial charge in [0.15, 0.2) is 0 Å². The summed E-state index contributed by atoms with van der Waals surface area (Å²) in [7, 11) is 0.